The van der Waals surface area contributed by atoms with Crippen molar-refractivity contribution in [3.8, 4) is 28.0 Å². The summed E-state index contributed by atoms with van der Waals surface area (Å²) in [7, 11) is 0. The average Bonchev–Trinajstić information content (AvgIpc) is 3.06. The summed E-state index contributed by atoms with van der Waals surface area (Å²) in [5.74, 6) is -1.57. The Kier molecular flexibility index (Phi) is 9.47. The highest BCUT2D eigenvalue weighted by Gasteiger charge is 2.10. The molecule has 7 heteroatoms. The van der Waals surface area contributed by atoms with E-state index in [0.29, 0.717) is 6.42 Å². The van der Waals surface area contributed by atoms with Crippen LogP contribution in [0.3, 0.4) is 0 Å². The molecule has 0 aliphatic heterocycles. The second kappa shape index (κ2) is 13.6. The van der Waals surface area contributed by atoms with Crippen LogP contribution >= 0.6 is 0 Å². The number of phenols is 1. The highest BCUT2D eigenvalue weighted by molar-refractivity contribution is 5.96. The van der Waals surface area contributed by atoms with Crippen LogP contribution in [-0.2, 0) is 6.42 Å². The van der Waals surface area contributed by atoms with Crippen LogP contribution in [0.5, 0.6) is 5.75 Å². The van der Waals surface area contributed by atoms with Gasteiger partial charge in [0.2, 0.25) is 0 Å². The lowest BCUT2D eigenvalue weighted by Gasteiger charge is -2.12. The molecule has 0 saturated carbocycles. The number of carboxylic acids is 2. The summed E-state index contributed by atoms with van der Waals surface area (Å²) >= 11 is 0. The number of fused-ring (bicyclic) bond motifs is 2. The zero-order chi connectivity index (χ0) is 33.0. The monoisotopic (exact) mass is 614 g/mol. The van der Waals surface area contributed by atoms with Crippen LogP contribution in [-0.4, -0.2) is 50.2 Å². The molecule has 0 aliphatic rings. The minimum Gasteiger partial charge on any atom is -0.508 e. The van der Waals surface area contributed by atoms with Crippen LogP contribution < -0.4 is 0 Å². The summed E-state index contributed by atoms with van der Waals surface area (Å²) in [6.07, 6.45) is -0.313. The molecule has 0 aliphatic carbocycles. The fraction of sp³-hybridized carbons (Fsp3) is 0.128. The minimum atomic E-state index is -0.928. The van der Waals surface area contributed by atoms with Gasteiger partial charge in [-0.25, -0.2) is 9.59 Å². The molecule has 6 rings (SSSR count). The lowest BCUT2D eigenvalue weighted by atomic mass is 9.95. The third-order valence-corrected chi connectivity index (χ3v) is 8.05. The van der Waals surface area contributed by atoms with Crippen LogP contribution in [0, 0.1) is 13.8 Å². The molecule has 0 fully saturated rings. The first-order chi connectivity index (χ1) is 22.0. The van der Waals surface area contributed by atoms with Gasteiger partial charge < -0.3 is 25.5 Å². The number of hydrogen-bond acceptors (Lipinski definition) is 5. The van der Waals surface area contributed by atoms with Gasteiger partial charge in [-0.1, -0.05) is 60.7 Å². The summed E-state index contributed by atoms with van der Waals surface area (Å²) in [5, 5.41) is 50.0. The molecule has 1 atom stereocenters. The number of phenolic OH excluding ortho intramolecular Hbond substituents is 1. The first-order valence-corrected chi connectivity index (χ1v) is 14.8. The Bertz CT molecular complexity index is 2080. The maximum atomic E-state index is 11.1. The molecule has 6 aromatic carbocycles. The Hall–Kier alpha value is -5.50. The molecule has 0 radical (unpaired) electrons. The summed E-state index contributed by atoms with van der Waals surface area (Å²) in [6.45, 7) is 3.60. The van der Waals surface area contributed by atoms with E-state index < -0.39 is 18.0 Å². The molecule has 232 valence electrons. The average molecular weight is 615 g/mol. The van der Waals surface area contributed by atoms with Gasteiger partial charge in [0.15, 0.2) is 0 Å². The summed E-state index contributed by atoms with van der Waals surface area (Å²) in [6, 6.07) is 33.6. The molecule has 5 N–H and O–H groups in total. The van der Waals surface area contributed by atoms with Crippen LogP contribution in [0.25, 0.3) is 43.8 Å². The maximum absolute atomic E-state index is 11.1. The third kappa shape index (κ3) is 7.24. The van der Waals surface area contributed by atoms with Gasteiger partial charge in [-0.05, 0) is 123 Å². The van der Waals surface area contributed by atoms with E-state index in [9.17, 15) is 19.8 Å². The van der Waals surface area contributed by atoms with Crippen molar-refractivity contribution < 1.29 is 35.1 Å². The highest BCUT2D eigenvalue weighted by atomic mass is 16.4. The topological polar surface area (TPSA) is 135 Å². The normalized spacial score (nSPS) is 11.6. The van der Waals surface area contributed by atoms with Gasteiger partial charge in [0.05, 0.1) is 23.8 Å². The van der Waals surface area contributed by atoms with Crippen molar-refractivity contribution in [2.75, 3.05) is 6.61 Å². The quantitative estimate of drug-likeness (QED) is 0.125. The predicted octanol–water partition coefficient (Wildman–Crippen LogP) is 7.63. The maximum Gasteiger partial charge on any atom is 0.335 e. The molecule has 0 saturated heterocycles. The SMILES string of the molecule is Cc1cc(-c2ccc3cc(C(=O)O)ccc3c2)ccc1CC(O)CO.Cc1cc(-c2ccc3cc(C(=O)O)ccc3c2)ccc1O. The van der Waals surface area contributed by atoms with Gasteiger partial charge in [-0.2, -0.15) is 0 Å². The largest absolute Gasteiger partial charge is 0.508 e. The van der Waals surface area contributed by atoms with Gasteiger partial charge in [0.25, 0.3) is 0 Å². The molecule has 0 heterocycles. The van der Waals surface area contributed by atoms with E-state index in [1.165, 1.54) is 0 Å². The number of aliphatic hydroxyl groups excluding tert-OH is 2. The Labute approximate surface area is 266 Å². The molecule has 0 amide bonds. The molecule has 0 spiro atoms. The number of benzene rings is 6. The number of hydrogen-bond donors (Lipinski definition) is 5. The zero-order valence-corrected chi connectivity index (χ0v) is 25.4. The molecule has 0 aromatic heterocycles. The highest BCUT2D eigenvalue weighted by Crippen LogP contribution is 2.29. The summed E-state index contributed by atoms with van der Waals surface area (Å²) in [4.78, 5) is 22.0. The Morgan fingerprint density at radius 2 is 0.978 bits per heavy atom. The van der Waals surface area contributed by atoms with Gasteiger partial charge in [-0.3, -0.25) is 0 Å². The van der Waals surface area contributed by atoms with Crippen molar-refractivity contribution >= 4 is 33.5 Å². The zero-order valence-electron chi connectivity index (χ0n) is 25.4. The fourth-order valence-corrected chi connectivity index (χ4v) is 5.37. The summed E-state index contributed by atoms with van der Waals surface area (Å²) in [5.41, 5.74) is 7.64. The number of rotatable bonds is 7. The van der Waals surface area contributed by atoms with E-state index in [-0.39, 0.29) is 23.5 Å². The fourth-order valence-electron chi connectivity index (χ4n) is 5.37. The van der Waals surface area contributed by atoms with Crippen molar-refractivity contribution in [2.24, 2.45) is 0 Å². The number of aryl methyl sites for hydroxylation is 2. The van der Waals surface area contributed by atoms with Crippen molar-refractivity contribution in [2.45, 2.75) is 26.4 Å². The summed E-state index contributed by atoms with van der Waals surface area (Å²) < 4.78 is 0. The Morgan fingerprint density at radius 1 is 0.565 bits per heavy atom. The minimum absolute atomic E-state index is 0.246. The van der Waals surface area contributed by atoms with Gasteiger partial charge in [0.1, 0.15) is 5.75 Å². The molecule has 6 aromatic rings. The van der Waals surface area contributed by atoms with Crippen LogP contribution in [0.1, 0.15) is 37.4 Å². The third-order valence-electron chi connectivity index (χ3n) is 8.05. The van der Waals surface area contributed by atoms with E-state index in [4.69, 9.17) is 15.3 Å². The van der Waals surface area contributed by atoms with E-state index in [0.717, 1.165) is 60.5 Å². The second-order valence-electron chi connectivity index (χ2n) is 11.3. The van der Waals surface area contributed by atoms with Crippen molar-refractivity contribution in [3.63, 3.8) is 0 Å². The number of aromatic hydroxyl groups is 1. The second-order valence-corrected chi connectivity index (χ2v) is 11.3. The number of aliphatic hydroxyl groups is 2. The van der Waals surface area contributed by atoms with Crippen LogP contribution in [0.2, 0.25) is 0 Å². The smallest absolute Gasteiger partial charge is 0.335 e. The molecule has 0 bridgehead atoms. The first kappa shape index (κ1) is 31.9. The lowest BCUT2D eigenvalue weighted by Crippen LogP contribution is -2.15. The lowest BCUT2D eigenvalue weighted by molar-refractivity contribution is 0.0686. The molecular formula is C39H34O7. The molecule has 1 unspecified atom stereocenters. The standard InChI is InChI=1S/C21H20O4.C18H14O3/c1-13-8-15(3-2-14(13)11-20(23)12-22)16-4-5-18-10-19(21(24)25)7-6-17(18)9-16;1-11-8-12(6-7-17(11)19)13-2-3-15-10-16(18(20)21)5-4-14(15)9-13/h2-10,20,22-23H,11-12H2,1H3,(H,24,25);2-10,19H,1H3,(H,20,21). The van der Waals surface area contributed by atoms with Crippen molar-refractivity contribution in [1.29, 1.82) is 0 Å². The van der Waals surface area contributed by atoms with E-state index in [1.54, 1.807) is 30.3 Å². The molecule has 46 heavy (non-hydrogen) atoms. The van der Waals surface area contributed by atoms with Gasteiger partial charge >= 0.3 is 11.9 Å². The number of aromatic carboxylic acids is 2. The Balaban J connectivity index is 0.000000184. The van der Waals surface area contributed by atoms with Gasteiger partial charge in [0, 0.05) is 6.42 Å². The number of carbonyl (C=O) groups is 2. The molecular weight excluding hydrogens is 580 g/mol. The van der Waals surface area contributed by atoms with Crippen molar-refractivity contribution in [1.82, 2.24) is 0 Å². The predicted molar refractivity (Wildman–Crippen MR) is 181 cm³/mol. The van der Waals surface area contributed by atoms with Crippen LogP contribution in [0.4, 0.5) is 0 Å². The van der Waals surface area contributed by atoms with E-state index in [1.807, 2.05) is 86.6 Å². The van der Waals surface area contributed by atoms with E-state index >= 15 is 0 Å². The van der Waals surface area contributed by atoms with Crippen LogP contribution in [0.15, 0.2) is 109 Å². The first-order valence-electron chi connectivity index (χ1n) is 14.8. The number of carboxylic acid groups (broad SMARTS) is 2. The Morgan fingerprint density at radius 3 is 1.43 bits per heavy atom. The van der Waals surface area contributed by atoms with Crippen molar-refractivity contribution in [3.05, 3.63) is 137 Å². The van der Waals surface area contributed by atoms with Gasteiger partial charge in [-0.15, -0.1) is 0 Å². The molecule has 7 nitrogen and oxygen atoms in total. The van der Waals surface area contributed by atoms with E-state index in [2.05, 4.69) is 6.07 Å².